The fraction of sp³-hybridized carbons (Fsp3) is 0.316. The van der Waals surface area contributed by atoms with E-state index < -0.39 is 11.6 Å². The van der Waals surface area contributed by atoms with Gasteiger partial charge in [0.2, 0.25) is 0 Å². The molecule has 0 atom stereocenters. The molecule has 0 fully saturated rings. The second-order valence-corrected chi connectivity index (χ2v) is 5.47. The molecule has 0 saturated heterocycles. The molecule has 6 heteroatoms. The lowest BCUT2D eigenvalue weighted by molar-refractivity contribution is 0.414. The van der Waals surface area contributed by atoms with Crippen LogP contribution < -0.4 is 15.4 Å². The third kappa shape index (κ3) is 5.74. The van der Waals surface area contributed by atoms with Gasteiger partial charge in [-0.25, -0.2) is 8.78 Å². The summed E-state index contributed by atoms with van der Waals surface area (Å²) in [6, 6.07) is 11.8. The van der Waals surface area contributed by atoms with Crippen molar-refractivity contribution < 1.29 is 13.5 Å². The van der Waals surface area contributed by atoms with E-state index in [-0.39, 0.29) is 12.0 Å². The standard InChI is InChI=1S/C19H23F2N3O/c1-22-19(23-12-10-14-6-8-15(25-2)9-7-14)24-13-11-16-17(20)4-3-5-18(16)21/h3-9H,10-13H2,1-2H3,(H2,22,23,24). The molecule has 0 aliphatic carbocycles. The molecule has 0 unspecified atom stereocenters. The number of aliphatic imine (C=N–C) groups is 1. The van der Waals surface area contributed by atoms with Gasteiger partial charge in [-0.2, -0.15) is 0 Å². The Hall–Kier alpha value is -2.63. The van der Waals surface area contributed by atoms with Crippen LogP contribution >= 0.6 is 0 Å². The van der Waals surface area contributed by atoms with Crippen molar-refractivity contribution in [3.8, 4) is 5.75 Å². The van der Waals surface area contributed by atoms with Crippen LogP contribution in [-0.2, 0) is 12.8 Å². The predicted molar refractivity (Wildman–Crippen MR) is 96.1 cm³/mol. The smallest absolute Gasteiger partial charge is 0.190 e. The monoisotopic (exact) mass is 347 g/mol. The lowest BCUT2D eigenvalue weighted by atomic mass is 10.1. The van der Waals surface area contributed by atoms with Crippen molar-refractivity contribution in [2.45, 2.75) is 12.8 Å². The van der Waals surface area contributed by atoms with E-state index in [1.54, 1.807) is 14.2 Å². The Balaban J connectivity index is 1.75. The second-order valence-electron chi connectivity index (χ2n) is 5.47. The highest BCUT2D eigenvalue weighted by Crippen LogP contribution is 2.12. The number of hydrogen-bond acceptors (Lipinski definition) is 2. The van der Waals surface area contributed by atoms with Crippen molar-refractivity contribution in [1.29, 1.82) is 0 Å². The Morgan fingerprint density at radius 1 is 0.960 bits per heavy atom. The molecule has 0 spiro atoms. The lowest BCUT2D eigenvalue weighted by Gasteiger charge is -2.12. The van der Waals surface area contributed by atoms with Crippen LogP contribution in [0.25, 0.3) is 0 Å². The molecular formula is C19H23F2N3O. The van der Waals surface area contributed by atoms with Gasteiger partial charge in [0.05, 0.1) is 7.11 Å². The van der Waals surface area contributed by atoms with Crippen molar-refractivity contribution in [2.75, 3.05) is 27.2 Å². The molecule has 0 aliphatic heterocycles. The summed E-state index contributed by atoms with van der Waals surface area (Å²) in [5.41, 5.74) is 1.26. The maximum absolute atomic E-state index is 13.6. The van der Waals surface area contributed by atoms with Crippen molar-refractivity contribution in [2.24, 2.45) is 4.99 Å². The molecule has 0 heterocycles. The van der Waals surface area contributed by atoms with Gasteiger partial charge in [0, 0.05) is 25.7 Å². The van der Waals surface area contributed by atoms with Gasteiger partial charge in [-0.15, -0.1) is 0 Å². The van der Waals surface area contributed by atoms with Crippen LogP contribution in [0.15, 0.2) is 47.5 Å². The van der Waals surface area contributed by atoms with Gasteiger partial charge in [0.15, 0.2) is 5.96 Å². The Morgan fingerprint density at radius 3 is 2.12 bits per heavy atom. The summed E-state index contributed by atoms with van der Waals surface area (Å²) in [6.45, 7) is 1.08. The van der Waals surface area contributed by atoms with E-state index in [2.05, 4.69) is 15.6 Å². The van der Waals surface area contributed by atoms with Gasteiger partial charge >= 0.3 is 0 Å². The van der Waals surface area contributed by atoms with Crippen molar-refractivity contribution >= 4 is 5.96 Å². The van der Waals surface area contributed by atoms with Gasteiger partial charge in [0.25, 0.3) is 0 Å². The molecule has 0 radical (unpaired) electrons. The number of rotatable bonds is 7. The van der Waals surface area contributed by atoms with E-state index in [1.807, 2.05) is 24.3 Å². The minimum absolute atomic E-state index is 0.0867. The van der Waals surface area contributed by atoms with Gasteiger partial charge < -0.3 is 15.4 Å². The van der Waals surface area contributed by atoms with E-state index in [9.17, 15) is 8.78 Å². The maximum atomic E-state index is 13.6. The largest absolute Gasteiger partial charge is 0.497 e. The second kappa shape index (κ2) is 9.61. The Morgan fingerprint density at radius 2 is 1.56 bits per heavy atom. The third-order valence-corrected chi connectivity index (χ3v) is 3.82. The molecular weight excluding hydrogens is 324 g/mol. The topological polar surface area (TPSA) is 45.7 Å². The molecule has 25 heavy (non-hydrogen) atoms. The highest BCUT2D eigenvalue weighted by Gasteiger charge is 2.08. The molecule has 0 aliphatic rings. The molecule has 134 valence electrons. The summed E-state index contributed by atoms with van der Waals surface area (Å²) in [5, 5.41) is 6.24. The van der Waals surface area contributed by atoms with E-state index >= 15 is 0 Å². The Kier molecular flexibility index (Phi) is 7.19. The molecule has 0 amide bonds. The van der Waals surface area contributed by atoms with E-state index in [0.717, 1.165) is 12.2 Å². The van der Waals surface area contributed by atoms with Crippen LogP contribution in [0.3, 0.4) is 0 Å². The zero-order valence-electron chi connectivity index (χ0n) is 14.5. The molecule has 0 saturated carbocycles. The molecule has 2 rings (SSSR count). The molecule has 4 nitrogen and oxygen atoms in total. The van der Waals surface area contributed by atoms with E-state index in [1.165, 1.54) is 23.8 Å². The lowest BCUT2D eigenvalue weighted by Crippen LogP contribution is -2.39. The highest BCUT2D eigenvalue weighted by molar-refractivity contribution is 5.79. The van der Waals surface area contributed by atoms with Crippen LogP contribution in [0.5, 0.6) is 5.75 Å². The number of ether oxygens (including phenoxy) is 1. The molecule has 2 aromatic carbocycles. The van der Waals surface area contributed by atoms with Crippen molar-refractivity contribution in [3.05, 3.63) is 65.2 Å². The van der Waals surface area contributed by atoms with Crippen molar-refractivity contribution in [3.63, 3.8) is 0 Å². The fourth-order valence-electron chi connectivity index (χ4n) is 2.42. The maximum Gasteiger partial charge on any atom is 0.190 e. The van der Waals surface area contributed by atoms with Gasteiger partial charge in [0.1, 0.15) is 17.4 Å². The van der Waals surface area contributed by atoms with Crippen molar-refractivity contribution in [1.82, 2.24) is 10.6 Å². The summed E-state index contributed by atoms with van der Waals surface area (Å²) < 4.78 is 32.3. The first-order valence-electron chi connectivity index (χ1n) is 8.14. The number of nitrogens with one attached hydrogen (secondary N) is 2. The number of halogens is 2. The van der Waals surface area contributed by atoms with Gasteiger partial charge in [-0.3, -0.25) is 4.99 Å². The molecule has 2 N–H and O–H groups in total. The zero-order chi connectivity index (χ0) is 18.1. The summed E-state index contributed by atoms with van der Waals surface area (Å²) in [4.78, 5) is 4.11. The molecule has 2 aromatic rings. The summed E-state index contributed by atoms with van der Waals surface area (Å²) in [5.74, 6) is 0.383. The van der Waals surface area contributed by atoms with Crippen LogP contribution in [0.1, 0.15) is 11.1 Å². The normalized spacial score (nSPS) is 11.3. The highest BCUT2D eigenvalue weighted by atomic mass is 19.1. The molecule has 0 bridgehead atoms. The van der Waals surface area contributed by atoms with Crippen LogP contribution in [0.4, 0.5) is 8.78 Å². The minimum Gasteiger partial charge on any atom is -0.497 e. The average Bonchev–Trinajstić information content (AvgIpc) is 2.63. The summed E-state index contributed by atoms with van der Waals surface area (Å²) >= 11 is 0. The van der Waals surface area contributed by atoms with Gasteiger partial charge in [-0.1, -0.05) is 18.2 Å². The van der Waals surface area contributed by atoms with E-state index in [0.29, 0.717) is 19.0 Å². The minimum atomic E-state index is -0.524. The quantitative estimate of drug-likeness (QED) is 0.598. The van der Waals surface area contributed by atoms with Crippen LogP contribution in [-0.4, -0.2) is 33.2 Å². The number of hydrogen-bond donors (Lipinski definition) is 2. The first-order valence-corrected chi connectivity index (χ1v) is 8.14. The fourth-order valence-corrected chi connectivity index (χ4v) is 2.42. The average molecular weight is 347 g/mol. The first-order chi connectivity index (χ1) is 12.1. The number of benzene rings is 2. The number of nitrogens with zero attached hydrogens (tertiary/aromatic N) is 1. The summed E-state index contributed by atoms with van der Waals surface area (Å²) in [6.07, 6.45) is 1.07. The third-order valence-electron chi connectivity index (χ3n) is 3.82. The SMILES string of the molecule is CN=C(NCCc1ccc(OC)cc1)NCCc1c(F)cccc1F. The Labute approximate surface area is 146 Å². The van der Waals surface area contributed by atoms with Crippen LogP contribution in [0.2, 0.25) is 0 Å². The number of guanidine groups is 1. The first kappa shape index (κ1) is 18.7. The van der Waals surface area contributed by atoms with Gasteiger partial charge in [-0.05, 0) is 42.7 Å². The molecule has 0 aromatic heterocycles. The zero-order valence-corrected chi connectivity index (χ0v) is 14.5. The van der Waals surface area contributed by atoms with E-state index in [4.69, 9.17) is 4.74 Å². The number of methoxy groups -OCH3 is 1. The van der Waals surface area contributed by atoms with Crippen LogP contribution in [0, 0.1) is 11.6 Å². The summed E-state index contributed by atoms with van der Waals surface area (Å²) in [7, 11) is 3.30. The predicted octanol–water partition coefficient (Wildman–Crippen LogP) is 2.92. The Bertz CT molecular complexity index is 682.